The first-order chi connectivity index (χ1) is 15.3. The van der Waals surface area contributed by atoms with Crippen LogP contribution in [-0.4, -0.2) is 46.0 Å². The van der Waals surface area contributed by atoms with Crippen LogP contribution in [0.3, 0.4) is 0 Å². The Bertz CT molecular complexity index is 1120. The van der Waals surface area contributed by atoms with Crippen molar-refractivity contribution in [3.05, 3.63) is 84.5 Å². The molecule has 0 spiro atoms. The number of aryl methyl sites for hydroxylation is 1. The van der Waals surface area contributed by atoms with Gasteiger partial charge in [0.15, 0.2) is 0 Å². The predicted molar refractivity (Wildman–Crippen MR) is 122 cm³/mol. The Labute approximate surface area is 182 Å². The summed E-state index contributed by atoms with van der Waals surface area (Å²) in [6, 6.07) is 20.6. The largest absolute Gasteiger partial charge is 0.441 e. The first-order valence-corrected chi connectivity index (χ1v) is 10.6. The third-order valence-electron chi connectivity index (χ3n) is 5.71. The van der Waals surface area contributed by atoms with Gasteiger partial charge < -0.3 is 9.32 Å². The average molecular weight is 412 g/mol. The molecular weight excluding hydrogens is 386 g/mol. The number of rotatable bonds is 5. The lowest BCUT2D eigenvalue weighted by Crippen LogP contribution is -2.46. The molecule has 1 aliphatic heterocycles. The highest BCUT2D eigenvalue weighted by Crippen LogP contribution is 2.26. The quantitative estimate of drug-likeness (QED) is 0.484. The Hall–Kier alpha value is -3.51. The molecule has 0 bridgehead atoms. The minimum Gasteiger partial charge on any atom is -0.441 e. The van der Waals surface area contributed by atoms with Crippen LogP contribution in [0, 0.1) is 6.92 Å². The van der Waals surface area contributed by atoms with E-state index in [4.69, 9.17) is 9.40 Å². The molecule has 2 aromatic heterocycles. The zero-order chi connectivity index (χ0) is 21.0. The lowest BCUT2D eigenvalue weighted by molar-refractivity contribution is 0.245. The van der Waals surface area contributed by atoms with Crippen LogP contribution >= 0.6 is 0 Å². The van der Waals surface area contributed by atoms with E-state index in [0.29, 0.717) is 5.89 Å². The standard InChI is InChI=1S/C25H25N5O/c1-19-23(18-29-14-16-30(17-15-29)25-26-12-5-13-27-25)28-24(31-19)22-10-8-21(9-11-22)20-6-3-2-4-7-20/h2-13H,14-18H2,1H3. The molecule has 6 nitrogen and oxygen atoms in total. The van der Waals surface area contributed by atoms with Gasteiger partial charge in [0.25, 0.3) is 0 Å². The van der Waals surface area contributed by atoms with Crippen LogP contribution in [0.2, 0.25) is 0 Å². The molecule has 0 saturated carbocycles. The summed E-state index contributed by atoms with van der Waals surface area (Å²) in [6.45, 7) is 6.51. The molecule has 0 amide bonds. The van der Waals surface area contributed by atoms with Crippen molar-refractivity contribution in [2.75, 3.05) is 31.1 Å². The summed E-state index contributed by atoms with van der Waals surface area (Å²) >= 11 is 0. The summed E-state index contributed by atoms with van der Waals surface area (Å²) in [7, 11) is 0. The minimum atomic E-state index is 0.684. The third-order valence-corrected chi connectivity index (χ3v) is 5.71. The van der Waals surface area contributed by atoms with Gasteiger partial charge >= 0.3 is 0 Å². The summed E-state index contributed by atoms with van der Waals surface area (Å²) in [5.74, 6) is 2.38. The highest BCUT2D eigenvalue weighted by atomic mass is 16.4. The van der Waals surface area contributed by atoms with Gasteiger partial charge in [-0.3, -0.25) is 4.90 Å². The van der Waals surface area contributed by atoms with Crippen molar-refractivity contribution in [1.82, 2.24) is 19.9 Å². The average Bonchev–Trinajstić information content (AvgIpc) is 3.21. The molecular formula is C25H25N5O. The van der Waals surface area contributed by atoms with E-state index in [2.05, 4.69) is 68.3 Å². The topological polar surface area (TPSA) is 58.3 Å². The van der Waals surface area contributed by atoms with Gasteiger partial charge in [0, 0.05) is 50.7 Å². The van der Waals surface area contributed by atoms with Gasteiger partial charge in [-0.2, -0.15) is 0 Å². The normalized spacial score (nSPS) is 14.7. The molecule has 31 heavy (non-hydrogen) atoms. The highest BCUT2D eigenvalue weighted by Gasteiger charge is 2.21. The Kier molecular flexibility index (Phi) is 5.46. The molecule has 4 aromatic rings. The number of anilines is 1. The number of hydrogen-bond donors (Lipinski definition) is 0. The van der Waals surface area contributed by atoms with E-state index < -0.39 is 0 Å². The molecule has 0 radical (unpaired) electrons. The van der Waals surface area contributed by atoms with Crippen molar-refractivity contribution in [2.24, 2.45) is 0 Å². The first kappa shape index (κ1) is 19.5. The SMILES string of the molecule is Cc1oc(-c2ccc(-c3ccccc3)cc2)nc1CN1CCN(c2ncccn2)CC1. The van der Waals surface area contributed by atoms with E-state index in [1.165, 1.54) is 11.1 Å². The van der Waals surface area contributed by atoms with Crippen molar-refractivity contribution >= 4 is 5.95 Å². The van der Waals surface area contributed by atoms with Gasteiger partial charge in [-0.05, 0) is 36.2 Å². The van der Waals surface area contributed by atoms with Gasteiger partial charge in [-0.25, -0.2) is 15.0 Å². The number of oxazole rings is 1. The molecule has 2 aromatic carbocycles. The van der Waals surface area contributed by atoms with Crippen LogP contribution in [0.4, 0.5) is 5.95 Å². The van der Waals surface area contributed by atoms with Crippen molar-refractivity contribution in [3.8, 4) is 22.6 Å². The number of piperazine rings is 1. The van der Waals surface area contributed by atoms with Gasteiger partial charge in [0.2, 0.25) is 11.8 Å². The van der Waals surface area contributed by atoms with E-state index in [-0.39, 0.29) is 0 Å². The summed E-state index contributed by atoms with van der Waals surface area (Å²) in [6.07, 6.45) is 3.59. The van der Waals surface area contributed by atoms with Gasteiger partial charge in [0.1, 0.15) is 5.76 Å². The van der Waals surface area contributed by atoms with Gasteiger partial charge in [0.05, 0.1) is 5.69 Å². The summed E-state index contributed by atoms with van der Waals surface area (Å²) < 4.78 is 6.01. The van der Waals surface area contributed by atoms with Crippen LogP contribution in [-0.2, 0) is 6.54 Å². The fourth-order valence-corrected chi connectivity index (χ4v) is 3.91. The molecule has 0 atom stereocenters. The molecule has 0 unspecified atom stereocenters. The van der Waals surface area contributed by atoms with Crippen LogP contribution in [0.25, 0.3) is 22.6 Å². The van der Waals surface area contributed by atoms with Crippen molar-refractivity contribution in [1.29, 1.82) is 0 Å². The van der Waals surface area contributed by atoms with Crippen molar-refractivity contribution in [3.63, 3.8) is 0 Å². The highest BCUT2D eigenvalue weighted by molar-refractivity contribution is 5.67. The molecule has 1 saturated heterocycles. The minimum absolute atomic E-state index is 0.684. The first-order valence-electron chi connectivity index (χ1n) is 10.6. The van der Waals surface area contributed by atoms with Crippen LogP contribution in [0.5, 0.6) is 0 Å². The van der Waals surface area contributed by atoms with Crippen molar-refractivity contribution in [2.45, 2.75) is 13.5 Å². The third kappa shape index (κ3) is 4.34. The fraction of sp³-hybridized carbons (Fsp3) is 0.240. The van der Waals surface area contributed by atoms with Crippen LogP contribution in [0.15, 0.2) is 77.5 Å². The van der Waals surface area contributed by atoms with E-state index >= 15 is 0 Å². The number of aromatic nitrogens is 3. The van der Waals surface area contributed by atoms with Crippen LogP contribution < -0.4 is 4.90 Å². The Balaban J connectivity index is 1.24. The Morgan fingerprint density at radius 1 is 0.774 bits per heavy atom. The van der Waals surface area contributed by atoms with Gasteiger partial charge in [-0.15, -0.1) is 0 Å². The second kappa shape index (κ2) is 8.70. The molecule has 6 heteroatoms. The second-order valence-electron chi connectivity index (χ2n) is 7.78. The van der Waals surface area contributed by atoms with E-state index in [9.17, 15) is 0 Å². The molecule has 0 aliphatic carbocycles. The maximum atomic E-state index is 6.01. The van der Waals surface area contributed by atoms with Crippen molar-refractivity contribution < 1.29 is 4.42 Å². The number of nitrogens with zero attached hydrogens (tertiary/aromatic N) is 5. The zero-order valence-electron chi connectivity index (χ0n) is 17.6. The predicted octanol–water partition coefficient (Wildman–Crippen LogP) is 4.43. The summed E-state index contributed by atoms with van der Waals surface area (Å²) in [4.78, 5) is 18.2. The number of hydrogen-bond acceptors (Lipinski definition) is 6. The maximum absolute atomic E-state index is 6.01. The van der Waals surface area contributed by atoms with E-state index in [1.807, 2.05) is 19.1 Å². The zero-order valence-corrected chi connectivity index (χ0v) is 17.6. The Morgan fingerprint density at radius 3 is 2.13 bits per heavy atom. The smallest absolute Gasteiger partial charge is 0.226 e. The second-order valence-corrected chi connectivity index (χ2v) is 7.78. The monoisotopic (exact) mass is 411 g/mol. The van der Waals surface area contributed by atoms with E-state index in [1.54, 1.807) is 12.4 Å². The molecule has 1 aliphatic rings. The molecule has 156 valence electrons. The summed E-state index contributed by atoms with van der Waals surface area (Å²) in [5.41, 5.74) is 4.40. The lowest BCUT2D eigenvalue weighted by Gasteiger charge is -2.34. The van der Waals surface area contributed by atoms with E-state index in [0.717, 1.165) is 55.7 Å². The lowest BCUT2D eigenvalue weighted by atomic mass is 10.0. The summed E-state index contributed by atoms with van der Waals surface area (Å²) in [5, 5.41) is 0. The molecule has 0 N–H and O–H groups in total. The molecule has 1 fully saturated rings. The van der Waals surface area contributed by atoms with Crippen LogP contribution in [0.1, 0.15) is 11.5 Å². The molecule has 5 rings (SSSR count). The fourth-order valence-electron chi connectivity index (χ4n) is 3.91. The van der Waals surface area contributed by atoms with Gasteiger partial charge in [-0.1, -0.05) is 42.5 Å². The molecule has 3 heterocycles. The Morgan fingerprint density at radius 2 is 1.42 bits per heavy atom. The number of benzene rings is 2. The maximum Gasteiger partial charge on any atom is 0.226 e.